The highest BCUT2D eigenvalue weighted by Crippen LogP contribution is 2.25. The molecule has 0 aliphatic rings. The van der Waals surface area contributed by atoms with Gasteiger partial charge in [0.25, 0.3) is 0 Å². The average Bonchev–Trinajstić information content (AvgIpc) is 2.37. The molecule has 1 unspecified atom stereocenters. The van der Waals surface area contributed by atoms with E-state index in [4.69, 9.17) is 0 Å². The number of nitrogens with one attached hydrogen (secondary N) is 1. The van der Waals surface area contributed by atoms with Gasteiger partial charge in [-0.1, -0.05) is 55.4 Å². The Bertz CT molecular complexity index is 234. The highest BCUT2D eigenvalue weighted by atomic mass is 15.2. The van der Waals surface area contributed by atoms with Crippen molar-refractivity contribution in [2.75, 3.05) is 19.6 Å². The SMILES string of the molecule is CCC(CC)N(CC(C)C)CC(C)(CC)CNC(C)C. The van der Waals surface area contributed by atoms with Crippen LogP contribution in [0.2, 0.25) is 0 Å². The van der Waals surface area contributed by atoms with Crippen molar-refractivity contribution in [1.29, 1.82) is 0 Å². The highest BCUT2D eigenvalue weighted by Gasteiger charge is 2.28. The van der Waals surface area contributed by atoms with Gasteiger partial charge in [0.15, 0.2) is 0 Å². The van der Waals surface area contributed by atoms with Crippen LogP contribution in [0.15, 0.2) is 0 Å². The maximum Gasteiger partial charge on any atom is 0.00903 e. The van der Waals surface area contributed by atoms with Crippen molar-refractivity contribution in [2.45, 2.75) is 86.7 Å². The zero-order valence-corrected chi connectivity index (χ0v) is 15.4. The van der Waals surface area contributed by atoms with Crippen LogP contribution >= 0.6 is 0 Å². The van der Waals surface area contributed by atoms with Crippen LogP contribution in [0, 0.1) is 11.3 Å². The van der Waals surface area contributed by atoms with Gasteiger partial charge < -0.3 is 5.32 Å². The molecule has 0 rings (SSSR count). The Morgan fingerprint density at radius 3 is 1.90 bits per heavy atom. The Hall–Kier alpha value is -0.0800. The summed E-state index contributed by atoms with van der Waals surface area (Å²) in [5, 5.41) is 3.64. The van der Waals surface area contributed by atoms with E-state index in [2.05, 4.69) is 65.6 Å². The molecule has 0 radical (unpaired) electrons. The second kappa shape index (κ2) is 9.78. The largest absolute Gasteiger partial charge is 0.314 e. The van der Waals surface area contributed by atoms with Crippen LogP contribution in [-0.4, -0.2) is 36.6 Å². The van der Waals surface area contributed by atoms with Crippen molar-refractivity contribution >= 4 is 0 Å². The smallest absolute Gasteiger partial charge is 0.00903 e. The molecule has 122 valence electrons. The summed E-state index contributed by atoms with van der Waals surface area (Å²) in [4.78, 5) is 2.75. The lowest BCUT2D eigenvalue weighted by Crippen LogP contribution is -2.48. The van der Waals surface area contributed by atoms with Crippen molar-refractivity contribution in [3.8, 4) is 0 Å². The van der Waals surface area contributed by atoms with E-state index in [0.717, 1.165) is 18.5 Å². The number of nitrogens with zero attached hydrogens (tertiary/aromatic N) is 1. The molecular weight excluding hydrogens is 244 g/mol. The average molecular weight is 285 g/mol. The molecule has 0 heterocycles. The predicted octanol–water partition coefficient (Wildman–Crippen LogP) is 4.55. The first-order valence-corrected chi connectivity index (χ1v) is 8.75. The van der Waals surface area contributed by atoms with Gasteiger partial charge in [-0.2, -0.15) is 0 Å². The molecule has 0 spiro atoms. The van der Waals surface area contributed by atoms with E-state index < -0.39 is 0 Å². The van der Waals surface area contributed by atoms with Gasteiger partial charge in [-0.3, -0.25) is 4.90 Å². The second-order valence-electron chi connectivity index (χ2n) is 7.49. The van der Waals surface area contributed by atoms with Crippen LogP contribution in [0.25, 0.3) is 0 Å². The Kier molecular flexibility index (Phi) is 9.74. The van der Waals surface area contributed by atoms with Gasteiger partial charge in [0, 0.05) is 31.7 Å². The molecule has 0 saturated heterocycles. The monoisotopic (exact) mass is 284 g/mol. The normalized spacial score (nSPS) is 15.6. The van der Waals surface area contributed by atoms with E-state index >= 15 is 0 Å². The standard InChI is InChI=1S/C18H40N2/c1-9-17(10-2)20(12-15(4)5)14-18(8,11-3)13-19-16(6)7/h15-17,19H,9-14H2,1-8H3. The third-order valence-corrected chi connectivity index (χ3v) is 4.43. The lowest BCUT2D eigenvalue weighted by molar-refractivity contribution is 0.0945. The first kappa shape index (κ1) is 19.9. The van der Waals surface area contributed by atoms with Gasteiger partial charge >= 0.3 is 0 Å². The van der Waals surface area contributed by atoms with Gasteiger partial charge in [-0.25, -0.2) is 0 Å². The van der Waals surface area contributed by atoms with E-state index in [0.29, 0.717) is 11.5 Å². The van der Waals surface area contributed by atoms with Gasteiger partial charge in [0.1, 0.15) is 0 Å². The second-order valence-corrected chi connectivity index (χ2v) is 7.49. The molecule has 0 aliphatic carbocycles. The zero-order valence-electron chi connectivity index (χ0n) is 15.4. The fourth-order valence-corrected chi connectivity index (χ4v) is 2.85. The maximum absolute atomic E-state index is 3.64. The van der Waals surface area contributed by atoms with Crippen LogP contribution in [0.5, 0.6) is 0 Å². The molecule has 0 saturated carbocycles. The van der Waals surface area contributed by atoms with Gasteiger partial charge in [0.2, 0.25) is 0 Å². The first-order valence-electron chi connectivity index (χ1n) is 8.75. The van der Waals surface area contributed by atoms with Crippen LogP contribution in [0.3, 0.4) is 0 Å². The van der Waals surface area contributed by atoms with E-state index in [9.17, 15) is 0 Å². The van der Waals surface area contributed by atoms with E-state index in [1.807, 2.05) is 0 Å². The summed E-state index contributed by atoms with van der Waals surface area (Å²) < 4.78 is 0. The third kappa shape index (κ3) is 7.64. The lowest BCUT2D eigenvalue weighted by Gasteiger charge is -2.40. The molecule has 0 aliphatic heterocycles. The molecule has 0 amide bonds. The van der Waals surface area contributed by atoms with E-state index in [1.54, 1.807) is 0 Å². The molecule has 0 bridgehead atoms. The van der Waals surface area contributed by atoms with Crippen LogP contribution in [0.1, 0.15) is 74.7 Å². The predicted molar refractivity (Wildman–Crippen MR) is 92.3 cm³/mol. The molecule has 0 aromatic carbocycles. The zero-order chi connectivity index (χ0) is 15.8. The topological polar surface area (TPSA) is 15.3 Å². The van der Waals surface area contributed by atoms with Crippen LogP contribution in [0.4, 0.5) is 0 Å². The molecule has 2 nitrogen and oxygen atoms in total. The maximum atomic E-state index is 3.64. The molecule has 0 fully saturated rings. The number of hydrogen-bond acceptors (Lipinski definition) is 2. The fraction of sp³-hybridized carbons (Fsp3) is 1.00. The Balaban J connectivity index is 4.79. The van der Waals surface area contributed by atoms with Gasteiger partial charge in [0.05, 0.1) is 0 Å². The molecule has 1 N–H and O–H groups in total. The Labute approximate surface area is 128 Å². The van der Waals surface area contributed by atoms with Crippen molar-refractivity contribution in [3.05, 3.63) is 0 Å². The molecular formula is C18H40N2. The van der Waals surface area contributed by atoms with Crippen LogP contribution in [-0.2, 0) is 0 Å². The summed E-state index contributed by atoms with van der Waals surface area (Å²) in [7, 11) is 0. The fourth-order valence-electron chi connectivity index (χ4n) is 2.85. The Morgan fingerprint density at radius 1 is 1.00 bits per heavy atom. The minimum atomic E-state index is 0.377. The highest BCUT2D eigenvalue weighted by molar-refractivity contribution is 4.83. The third-order valence-electron chi connectivity index (χ3n) is 4.43. The van der Waals surface area contributed by atoms with Crippen molar-refractivity contribution in [2.24, 2.45) is 11.3 Å². The Morgan fingerprint density at radius 2 is 1.55 bits per heavy atom. The van der Waals surface area contributed by atoms with Crippen LogP contribution < -0.4 is 5.32 Å². The molecule has 0 aromatic heterocycles. The molecule has 2 heteroatoms. The lowest BCUT2D eigenvalue weighted by atomic mass is 9.85. The van der Waals surface area contributed by atoms with Gasteiger partial charge in [-0.05, 0) is 30.6 Å². The molecule has 1 atom stereocenters. The molecule has 20 heavy (non-hydrogen) atoms. The minimum Gasteiger partial charge on any atom is -0.314 e. The summed E-state index contributed by atoms with van der Waals surface area (Å²) in [6.45, 7) is 22.2. The molecule has 0 aromatic rings. The number of hydrogen-bond donors (Lipinski definition) is 1. The minimum absolute atomic E-state index is 0.377. The summed E-state index contributed by atoms with van der Waals surface area (Å²) in [5.74, 6) is 0.745. The number of rotatable bonds is 11. The summed E-state index contributed by atoms with van der Waals surface area (Å²) in [5.41, 5.74) is 0.377. The summed E-state index contributed by atoms with van der Waals surface area (Å²) in [6.07, 6.45) is 3.77. The van der Waals surface area contributed by atoms with E-state index in [-0.39, 0.29) is 0 Å². The van der Waals surface area contributed by atoms with Gasteiger partial charge in [-0.15, -0.1) is 0 Å². The first-order chi connectivity index (χ1) is 9.27. The van der Waals surface area contributed by atoms with Crippen molar-refractivity contribution in [1.82, 2.24) is 10.2 Å². The quantitative estimate of drug-likeness (QED) is 0.599. The summed E-state index contributed by atoms with van der Waals surface area (Å²) in [6, 6.07) is 1.31. The summed E-state index contributed by atoms with van der Waals surface area (Å²) >= 11 is 0. The van der Waals surface area contributed by atoms with E-state index in [1.165, 1.54) is 32.4 Å². The van der Waals surface area contributed by atoms with Crippen molar-refractivity contribution in [3.63, 3.8) is 0 Å². The van der Waals surface area contributed by atoms with Crippen molar-refractivity contribution < 1.29 is 0 Å².